The normalized spacial score (nSPS) is 10.8. The van der Waals surface area contributed by atoms with Gasteiger partial charge in [-0.15, -0.1) is 0 Å². The molecule has 1 amide bonds. The van der Waals surface area contributed by atoms with Crippen molar-refractivity contribution in [2.75, 3.05) is 6.61 Å². The van der Waals surface area contributed by atoms with E-state index in [0.29, 0.717) is 0 Å². The van der Waals surface area contributed by atoms with Crippen LogP contribution in [0.2, 0.25) is 0 Å². The summed E-state index contributed by atoms with van der Waals surface area (Å²) < 4.78 is 0. The number of rotatable bonds is 3. The average molecular weight is 161 g/mol. The third-order valence-electron chi connectivity index (χ3n) is 1.13. The number of hydrogen-bond acceptors (Lipinski definition) is 3. The largest absolute Gasteiger partial charge is 0.480 e. The molecule has 0 rings (SSSR count). The van der Waals surface area contributed by atoms with Gasteiger partial charge in [-0.1, -0.05) is 0 Å². The van der Waals surface area contributed by atoms with Crippen LogP contribution in [0.5, 0.6) is 0 Å². The van der Waals surface area contributed by atoms with Crippen molar-refractivity contribution in [1.82, 2.24) is 5.32 Å². The first kappa shape index (κ1) is 9.90. The Balaban J connectivity index is 4.12. The topological polar surface area (TPSA) is 86.6 Å². The first-order chi connectivity index (χ1) is 4.90. The van der Waals surface area contributed by atoms with E-state index >= 15 is 0 Å². The number of aliphatic carboxylic acids is 1. The van der Waals surface area contributed by atoms with Crippen LogP contribution in [0.25, 0.3) is 0 Å². The van der Waals surface area contributed by atoms with Gasteiger partial charge in [0.15, 0.2) is 0 Å². The Morgan fingerprint density at radius 1 is 1.45 bits per heavy atom. The van der Waals surface area contributed by atoms with Gasteiger partial charge in [-0.05, 0) is 13.8 Å². The molecule has 0 unspecified atom stereocenters. The maximum absolute atomic E-state index is 10.5. The Bertz CT molecular complexity index is 175. The number of carbonyl (C=O) groups excluding carboxylic acids is 1. The molecule has 0 aromatic heterocycles. The van der Waals surface area contributed by atoms with Crippen LogP contribution in [0.15, 0.2) is 0 Å². The summed E-state index contributed by atoms with van der Waals surface area (Å²) in [6.07, 6.45) is 0. The van der Waals surface area contributed by atoms with Crippen LogP contribution in [0, 0.1) is 0 Å². The smallest absolute Gasteiger partial charge is 0.328 e. The van der Waals surface area contributed by atoms with Gasteiger partial charge >= 0.3 is 5.97 Å². The van der Waals surface area contributed by atoms with Gasteiger partial charge in [0.1, 0.15) is 12.1 Å². The average Bonchev–Trinajstić information content (AvgIpc) is 1.86. The van der Waals surface area contributed by atoms with Crippen molar-refractivity contribution in [3.63, 3.8) is 0 Å². The van der Waals surface area contributed by atoms with Crippen LogP contribution in [-0.2, 0) is 9.59 Å². The fourth-order valence-corrected chi connectivity index (χ4v) is 0.442. The first-order valence-corrected chi connectivity index (χ1v) is 3.05. The van der Waals surface area contributed by atoms with Gasteiger partial charge in [-0.25, -0.2) is 4.79 Å². The standard InChI is InChI=1S/C6H11NO4/c1-6(2,5(10)11)7-4(9)3-8/h8H,3H2,1-2H3,(H,7,9)(H,10,11). The molecule has 0 saturated heterocycles. The molecule has 0 aliphatic carbocycles. The van der Waals surface area contributed by atoms with Crippen molar-refractivity contribution in [1.29, 1.82) is 0 Å². The fourth-order valence-electron chi connectivity index (χ4n) is 0.442. The molecule has 0 aliphatic heterocycles. The third-order valence-corrected chi connectivity index (χ3v) is 1.13. The molecule has 0 saturated carbocycles. The van der Waals surface area contributed by atoms with E-state index in [-0.39, 0.29) is 0 Å². The van der Waals surface area contributed by atoms with E-state index in [4.69, 9.17) is 10.2 Å². The zero-order chi connectivity index (χ0) is 9.07. The van der Waals surface area contributed by atoms with Crippen LogP contribution in [0.4, 0.5) is 0 Å². The summed E-state index contributed by atoms with van der Waals surface area (Å²) >= 11 is 0. The second kappa shape index (κ2) is 3.34. The number of carboxylic acids is 1. The number of aliphatic hydroxyl groups is 1. The van der Waals surface area contributed by atoms with Gasteiger partial charge in [0, 0.05) is 0 Å². The van der Waals surface area contributed by atoms with E-state index in [1.807, 2.05) is 0 Å². The summed E-state index contributed by atoms with van der Waals surface area (Å²) in [6, 6.07) is 0. The molecule has 11 heavy (non-hydrogen) atoms. The lowest BCUT2D eigenvalue weighted by atomic mass is 10.1. The van der Waals surface area contributed by atoms with Crippen molar-refractivity contribution in [3.05, 3.63) is 0 Å². The Morgan fingerprint density at radius 2 is 1.91 bits per heavy atom. The van der Waals surface area contributed by atoms with Gasteiger partial charge in [-0.2, -0.15) is 0 Å². The number of aliphatic hydroxyl groups excluding tert-OH is 1. The molecule has 0 aromatic rings. The lowest BCUT2D eigenvalue weighted by Gasteiger charge is -2.19. The van der Waals surface area contributed by atoms with Gasteiger partial charge in [0.25, 0.3) is 0 Å². The van der Waals surface area contributed by atoms with Crippen LogP contribution in [0.1, 0.15) is 13.8 Å². The predicted molar refractivity (Wildman–Crippen MR) is 36.9 cm³/mol. The lowest BCUT2D eigenvalue weighted by molar-refractivity contribution is -0.146. The summed E-state index contributed by atoms with van der Waals surface area (Å²) in [4.78, 5) is 20.9. The van der Waals surface area contributed by atoms with E-state index < -0.39 is 24.0 Å². The minimum Gasteiger partial charge on any atom is -0.480 e. The van der Waals surface area contributed by atoms with E-state index in [0.717, 1.165) is 0 Å². The van der Waals surface area contributed by atoms with E-state index in [2.05, 4.69) is 5.32 Å². The minimum atomic E-state index is -1.32. The molecule has 0 atom stereocenters. The molecule has 0 aliphatic rings. The van der Waals surface area contributed by atoms with Gasteiger partial charge < -0.3 is 15.5 Å². The quantitative estimate of drug-likeness (QED) is 0.493. The Morgan fingerprint density at radius 3 is 2.18 bits per heavy atom. The van der Waals surface area contributed by atoms with E-state index in [1.165, 1.54) is 13.8 Å². The molecule has 0 radical (unpaired) electrons. The van der Waals surface area contributed by atoms with Crippen molar-refractivity contribution < 1.29 is 19.8 Å². The molecule has 0 fully saturated rings. The zero-order valence-electron chi connectivity index (χ0n) is 6.42. The molecule has 0 bridgehead atoms. The third kappa shape index (κ3) is 2.99. The van der Waals surface area contributed by atoms with Crippen LogP contribution >= 0.6 is 0 Å². The van der Waals surface area contributed by atoms with Crippen molar-refractivity contribution in [2.24, 2.45) is 0 Å². The second-order valence-corrected chi connectivity index (χ2v) is 2.64. The summed E-state index contributed by atoms with van der Waals surface area (Å²) in [5.41, 5.74) is -1.32. The monoisotopic (exact) mass is 161 g/mol. The SMILES string of the molecule is CC(C)(NC(=O)CO)C(=O)O. The number of hydrogen-bond donors (Lipinski definition) is 3. The highest BCUT2D eigenvalue weighted by molar-refractivity contribution is 5.86. The maximum Gasteiger partial charge on any atom is 0.328 e. The second-order valence-electron chi connectivity index (χ2n) is 2.64. The first-order valence-electron chi connectivity index (χ1n) is 3.05. The number of carbonyl (C=O) groups is 2. The van der Waals surface area contributed by atoms with Crippen LogP contribution in [-0.4, -0.2) is 34.2 Å². The molecule has 0 spiro atoms. The van der Waals surface area contributed by atoms with Gasteiger partial charge in [0.2, 0.25) is 5.91 Å². The molecule has 0 aromatic carbocycles. The van der Waals surface area contributed by atoms with E-state index in [1.54, 1.807) is 0 Å². The highest BCUT2D eigenvalue weighted by atomic mass is 16.4. The summed E-state index contributed by atoms with van der Waals surface area (Å²) in [7, 11) is 0. The van der Waals surface area contributed by atoms with Crippen molar-refractivity contribution in [2.45, 2.75) is 19.4 Å². The van der Waals surface area contributed by atoms with Crippen molar-refractivity contribution >= 4 is 11.9 Å². The molecular formula is C6H11NO4. The molecule has 64 valence electrons. The number of carboxylic acid groups (broad SMARTS) is 1. The number of amides is 1. The molecule has 0 heterocycles. The summed E-state index contributed by atoms with van der Waals surface area (Å²) in [5, 5.41) is 18.9. The molecule has 5 heteroatoms. The van der Waals surface area contributed by atoms with Gasteiger partial charge in [0.05, 0.1) is 0 Å². The fraction of sp³-hybridized carbons (Fsp3) is 0.667. The Kier molecular flexibility index (Phi) is 3.00. The summed E-state index contributed by atoms with van der Waals surface area (Å²) in [6.45, 7) is 1.97. The van der Waals surface area contributed by atoms with Crippen LogP contribution < -0.4 is 5.32 Å². The lowest BCUT2D eigenvalue weighted by Crippen LogP contribution is -2.50. The number of nitrogens with one attached hydrogen (secondary N) is 1. The molecule has 5 nitrogen and oxygen atoms in total. The van der Waals surface area contributed by atoms with Crippen LogP contribution in [0.3, 0.4) is 0 Å². The zero-order valence-corrected chi connectivity index (χ0v) is 6.42. The molecular weight excluding hydrogens is 150 g/mol. The highest BCUT2D eigenvalue weighted by Gasteiger charge is 2.28. The predicted octanol–water partition coefficient (Wildman–Crippen LogP) is -1.04. The Labute approximate surface area is 64.0 Å². The Hall–Kier alpha value is -1.10. The minimum absolute atomic E-state index is 0.697. The van der Waals surface area contributed by atoms with Gasteiger partial charge in [-0.3, -0.25) is 4.79 Å². The van der Waals surface area contributed by atoms with Crippen molar-refractivity contribution in [3.8, 4) is 0 Å². The van der Waals surface area contributed by atoms with E-state index in [9.17, 15) is 9.59 Å². The summed E-state index contributed by atoms with van der Waals surface area (Å²) in [5.74, 6) is -1.84. The highest BCUT2D eigenvalue weighted by Crippen LogP contribution is 2.00. The maximum atomic E-state index is 10.5. The molecule has 3 N–H and O–H groups in total.